The third-order valence-electron chi connectivity index (χ3n) is 8.94. The maximum atomic E-state index is 14.3. The average Bonchev–Trinajstić information content (AvgIpc) is 3.17. The second-order valence-corrected chi connectivity index (χ2v) is 14.2. The van der Waals surface area contributed by atoms with Crippen molar-refractivity contribution in [1.82, 2.24) is 31.9 Å². The quantitative estimate of drug-likeness (QED) is 0.0323. The van der Waals surface area contributed by atoms with Gasteiger partial charge in [-0.3, -0.25) is 38.6 Å². The Morgan fingerprint density at radius 3 is 1.57 bits per heavy atom. The highest BCUT2D eigenvalue weighted by Crippen LogP contribution is 2.11. The normalized spacial score (nSPS) is 13.4. The molecule has 0 aliphatic rings. The van der Waals surface area contributed by atoms with Crippen LogP contribution in [-0.2, 0) is 46.4 Å². The third-order valence-corrected chi connectivity index (χ3v) is 8.94. The van der Waals surface area contributed by atoms with Crippen LogP contribution in [0.2, 0.25) is 0 Å². The molecule has 0 unspecified atom stereocenters. The van der Waals surface area contributed by atoms with Gasteiger partial charge < -0.3 is 54.2 Å². The first kappa shape index (κ1) is 48.1. The van der Waals surface area contributed by atoms with Crippen LogP contribution in [0, 0.1) is 5.92 Å². The van der Waals surface area contributed by atoms with Crippen LogP contribution in [0.4, 0.5) is 0 Å². The lowest BCUT2D eigenvalue weighted by atomic mass is 10.0. The van der Waals surface area contributed by atoms with E-state index in [1.54, 1.807) is 74.5 Å². The summed E-state index contributed by atoms with van der Waals surface area (Å²) in [5, 5.41) is 25.2. The zero-order chi connectivity index (χ0) is 43.0. The SMILES string of the molecule is CC(=O)N[C@H](C(=O)N[C@@H](CCCN=C(N)N)C(=O)N[C@@H](Cc1ccccc1)C(=O)N[C@@H](Cc1ccccc1)C(=O)N[C@@H](CCCCN)C(=O)NCCC(=O)O)C(C)C. The molecule has 2 rings (SSSR count). The molecule has 0 fully saturated rings. The molecule has 318 valence electrons. The molecule has 0 heterocycles. The van der Waals surface area contributed by atoms with Crippen molar-refractivity contribution >= 4 is 47.4 Å². The minimum atomic E-state index is -1.26. The van der Waals surface area contributed by atoms with Gasteiger partial charge in [0.15, 0.2) is 5.96 Å². The van der Waals surface area contributed by atoms with E-state index in [9.17, 15) is 33.6 Å². The molecule has 0 aromatic heterocycles. The van der Waals surface area contributed by atoms with E-state index >= 15 is 0 Å². The topological polar surface area (TPSA) is 302 Å². The third kappa shape index (κ3) is 18.7. The number of nitrogens with zero attached hydrogens (tertiary/aromatic N) is 1. The van der Waals surface area contributed by atoms with E-state index in [0.29, 0.717) is 30.5 Å². The molecule has 0 spiro atoms. The van der Waals surface area contributed by atoms with Gasteiger partial charge in [-0.15, -0.1) is 0 Å². The standard InChI is InChI=1S/C40H60N10O8/c1-25(2)34(46-26(3)51)39(58)48-30(18-12-21-45-40(42)43)36(55)49-32(24-28-15-8-5-9-16-28)38(57)50-31(23-27-13-6-4-7-14-27)37(56)47-29(17-10-11-20-41)35(54)44-22-19-33(52)53/h4-9,13-16,25,29-32,34H,10-12,17-24,41H2,1-3H3,(H,44,54)(H,46,51)(H,47,56)(H,48,58)(H,49,55)(H,50,57)(H,52,53)(H4,42,43,45)/t29-,30-,31-,32-,34-/m0/s1. The molecular weight excluding hydrogens is 749 g/mol. The van der Waals surface area contributed by atoms with Crippen LogP contribution in [0.5, 0.6) is 0 Å². The molecule has 0 aliphatic heterocycles. The molecule has 13 N–H and O–H groups in total. The van der Waals surface area contributed by atoms with Crippen LogP contribution in [0.3, 0.4) is 0 Å². The summed E-state index contributed by atoms with van der Waals surface area (Å²) >= 11 is 0. The van der Waals surface area contributed by atoms with Gasteiger partial charge in [-0.1, -0.05) is 74.5 Å². The highest BCUT2D eigenvalue weighted by Gasteiger charge is 2.33. The van der Waals surface area contributed by atoms with E-state index in [1.165, 1.54) is 6.92 Å². The minimum Gasteiger partial charge on any atom is -0.481 e. The molecule has 6 amide bonds. The number of carboxylic acids is 1. The smallest absolute Gasteiger partial charge is 0.305 e. The first-order valence-electron chi connectivity index (χ1n) is 19.4. The Hall–Kier alpha value is -6.04. The van der Waals surface area contributed by atoms with Gasteiger partial charge in [0.25, 0.3) is 0 Å². The second kappa shape index (κ2) is 26.0. The molecule has 5 atom stereocenters. The van der Waals surface area contributed by atoms with Gasteiger partial charge in [0.1, 0.15) is 30.2 Å². The van der Waals surface area contributed by atoms with Crippen molar-refractivity contribution in [2.45, 2.75) is 102 Å². The Bertz CT molecular complexity index is 1670. The van der Waals surface area contributed by atoms with Crippen LogP contribution < -0.4 is 49.1 Å². The van der Waals surface area contributed by atoms with E-state index in [2.05, 4.69) is 36.9 Å². The van der Waals surface area contributed by atoms with Gasteiger partial charge in [-0.2, -0.15) is 0 Å². The Balaban J connectivity index is 2.46. The van der Waals surface area contributed by atoms with E-state index in [4.69, 9.17) is 22.3 Å². The lowest BCUT2D eigenvalue weighted by Crippen LogP contribution is -2.60. The molecule has 0 radical (unpaired) electrons. The zero-order valence-electron chi connectivity index (χ0n) is 33.5. The predicted octanol–water partition coefficient (Wildman–Crippen LogP) is -0.655. The number of carbonyl (C=O) groups excluding carboxylic acids is 6. The maximum Gasteiger partial charge on any atom is 0.305 e. The molecule has 2 aromatic carbocycles. The van der Waals surface area contributed by atoms with Crippen LogP contribution in [-0.4, -0.2) is 102 Å². The first-order chi connectivity index (χ1) is 27.6. The summed E-state index contributed by atoms with van der Waals surface area (Å²) in [6.07, 6.45) is 1.31. The van der Waals surface area contributed by atoms with Gasteiger partial charge in [-0.05, 0) is 55.7 Å². The van der Waals surface area contributed by atoms with Crippen LogP contribution in [0.15, 0.2) is 65.7 Å². The number of aliphatic carboxylic acids is 1. The van der Waals surface area contributed by atoms with Crippen molar-refractivity contribution in [3.63, 3.8) is 0 Å². The fraction of sp³-hybridized carbons (Fsp3) is 0.500. The second-order valence-electron chi connectivity index (χ2n) is 14.2. The van der Waals surface area contributed by atoms with Gasteiger partial charge in [0.2, 0.25) is 35.4 Å². The van der Waals surface area contributed by atoms with Gasteiger partial charge in [0.05, 0.1) is 6.42 Å². The fourth-order valence-electron chi connectivity index (χ4n) is 5.90. The Morgan fingerprint density at radius 2 is 1.10 bits per heavy atom. The van der Waals surface area contributed by atoms with Crippen LogP contribution in [0.25, 0.3) is 0 Å². The largest absolute Gasteiger partial charge is 0.481 e. The minimum absolute atomic E-state index is 0.000957. The molecule has 0 aliphatic carbocycles. The van der Waals surface area contributed by atoms with E-state index in [-0.39, 0.29) is 63.5 Å². The van der Waals surface area contributed by atoms with Crippen molar-refractivity contribution in [1.29, 1.82) is 0 Å². The molecular formula is C40H60N10O8. The van der Waals surface area contributed by atoms with Crippen LogP contribution in [0.1, 0.15) is 70.4 Å². The summed E-state index contributed by atoms with van der Waals surface area (Å²) in [6, 6.07) is 12.1. The van der Waals surface area contributed by atoms with Crippen molar-refractivity contribution < 1.29 is 38.7 Å². The van der Waals surface area contributed by atoms with Crippen molar-refractivity contribution in [3.8, 4) is 0 Å². The number of guanidine groups is 1. The molecule has 58 heavy (non-hydrogen) atoms. The molecule has 18 heteroatoms. The first-order valence-corrected chi connectivity index (χ1v) is 19.4. The fourth-order valence-corrected chi connectivity index (χ4v) is 5.90. The van der Waals surface area contributed by atoms with Crippen LogP contribution >= 0.6 is 0 Å². The summed E-state index contributed by atoms with van der Waals surface area (Å²) in [6.45, 7) is 5.12. The van der Waals surface area contributed by atoms with Gasteiger partial charge >= 0.3 is 5.97 Å². The highest BCUT2D eigenvalue weighted by atomic mass is 16.4. The Labute approximate surface area is 339 Å². The average molecular weight is 809 g/mol. The number of amides is 6. The Morgan fingerprint density at radius 1 is 0.638 bits per heavy atom. The highest BCUT2D eigenvalue weighted by molar-refractivity contribution is 5.96. The monoisotopic (exact) mass is 808 g/mol. The molecule has 0 bridgehead atoms. The number of hydrogen-bond donors (Lipinski definition) is 10. The lowest BCUT2D eigenvalue weighted by Gasteiger charge is -2.28. The summed E-state index contributed by atoms with van der Waals surface area (Å²) in [4.78, 5) is 95.8. The zero-order valence-corrected chi connectivity index (χ0v) is 33.5. The number of unbranched alkanes of at least 4 members (excludes halogenated alkanes) is 1. The lowest BCUT2D eigenvalue weighted by molar-refractivity contribution is -0.137. The Kier molecular flexibility index (Phi) is 21.6. The number of carboxylic acid groups (broad SMARTS) is 1. The van der Waals surface area contributed by atoms with E-state index < -0.39 is 71.6 Å². The van der Waals surface area contributed by atoms with Crippen molar-refractivity contribution in [2.24, 2.45) is 28.1 Å². The number of carbonyl (C=O) groups is 7. The summed E-state index contributed by atoms with van der Waals surface area (Å²) in [7, 11) is 0. The summed E-state index contributed by atoms with van der Waals surface area (Å²) < 4.78 is 0. The van der Waals surface area contributed by atoms with Crippen molar-refractivity contribution in [2.75, 3.05) is 19.6 Å². The number of rotatable bonds is 26. The molecule has 0 saturated carbocycles. The number of aliphatic imine (C=N–C) groups is 1. The van der Waals surface area contributed by atoms with E-state index in [0.717, 1.165) is 0 Å². The number of nitrogens with two attached hydrogens (primary N) is 3. The molecule has 0 saturated heterocycles. The van der Waals surface area contributed by atoms with E-state index in [1.807, 2.05) is 0 Å². The number of hydrogen-bond acceptors (Lipinski definition) is 9. The number of benzene rings is 2. The predicted molar refractivity (Wildman–Crippen MR) is 219 cm³/mol. The molecule has 2 aromatic rings. The summed E-state index contributed by atoms with van der Waals surface area (Å²) in [5.74, 6) is -5.31. The van der Waals surface area contributed by atoms with Gasteiger partial charge in [0, 0.05) is 32.9 Å². The van der Waals surface area contributed by atoms with Gasteiger partial charge in [-0.25, -0.2) is 0 Å². The maximum absolute atomic E-state index is 14.3. The summed E-state index contributed by atoms with van der Waals surface area (Å²) in [5.41, 5.74) is 18.0. The van der Waals surface area contributed by atoms with Crippen molar-refractivity contribution in [3.05, 3.63) is 71.8 Å². The number of nitrogens with one attached hydrogen (secondary N) is 6. The molecule has 18 nitrogen and oxygen atoms in total.